The first-order valence-corrected chi connectivity index (χ1v) is 8.34. The number of carbonyl (C=O) groups is 1. The van der Waals surface area contributed by atoms with E-state index in [0.717, 1.165) is 22.3 Å². The molecule has 6 nitrogen and oxygen atoms in total. The van der Waals surface area contributed by atoms with Crippen molar-refractivity contribution in [1.29, 1.82) is 0 Å². The molecular weight excluding hydrogens is 330 g/mol. The average Bonchev–Trinajstić information content (AvgIpc) is 2.98. The number of nitrogens with zero attached hydrogens (tertiary/aromatic N) is 2. The zero-order valence-corrected chi connectivity index (χ0v) is 14.8. The predicted molar refractivity (Wildman–Crippen MR) is 99.5 cm³/mol. The van der Waals surface area contributed by atoms with Crippen molar-refractivity contribution in [3.8, 4) is 11.5 Å². The maximum absolute atomic E-state index is 12.5. The number of anilines is 1. The maximum Gasteiger partial charge on any atom is 0.209 e. The highest BCUT2D eigenvalue weighted by atomic mass is 16.5. The Kier molecular flexibility index (Phi) is 3.68. The topological polar surface area (TPSA) is 76.4 Å². The largest absolute Gasteiger partial charge is 0.504 e. The van der Waals surface area contributed by atoms with Gasteiger partial charge < -0.3 is 15.2 Å². The number of para-hydroxylation sites is 2. The number of hydrogen-bond acceptors (Lipinski definition) is 5. The third kappa shape index (κ3) is 2.34. The molecule has 0 saturated carbocycles. The van der Waals surface area contributed by atoms with Gasteiger partial charge in [-0.3, -0.25) is 9.36 Å². The van der Waals surface area contributed by atoms with Gasteiger partial charge in [0.1, 0.15) is 0 Å². The minimum Gasteiger partial charge on any atom is -0.504 e. The monoisotopic (exact) mass is 349 g/mol. The second kappa shape index (κ2) is 5.91. The smallest absolute Gasteiger partial charge is 0.209 e. The molecule has 1 aliphatic rings. The van der Waals surface area contributed by atoms with Gasteiger partial charge in [0, 0.05) is 11.3 Å². The Hall–Kier alpha value is -3.28. The molecule has 1 atom stereocenters. The molecule has 6 heteroatoms. The van der Waals surface area contributed by atoms with Crippen LogP contribution in [0.3, 0.4) is 0 Å². The summed E-state index contributed by atoms with van der Waals surface area (Å²) < 4.78 is 7.28. The van der Waals surface area contributed by atoms with Crippen LogP contribution in [-0.2, 0) is 4.79 Å². The van der Waals surface area contributed by atoms with Crippen molar-refractivity contribution in [3.05, 3.63) is 59.3 Å². The fraction of sp³-hybridized carbons (Fsp3) is 0.200. The third-order valence-electron chi connectivity index (χ3n) is 4.73. The lowest BCUT2D eigenvalue weighted by molar-refractivity contribution is -0.114. The summed E-state index contributed by atoms with van der Waals surface area (Å²) in [7, 11) is 1.51. The van der Waals surface area contributed by atoms with Crippen molar-refractivity contribution >= 4 is 22.8 Å². The quantitative estimate of drug-likeness (QED) is 0.755. The first-order valence-electron chi connectivity index (χ1n) is 8.34. The number of ketones is 1. The number of carbonyl (C=O) groups excluding carboxylic acids is 1. The summed E-state index contributed by atoms with van der Waals surface area (Å²) in [5.74, 6) is 1.10. The summed E-state index contributed by atoms with van der Waals surface area (Å²) >= 11 is 0. The molecule has 3 aromatic rings. The SMILES string of the molecule is COc1cc([C@H]2C(C(C)=O)=C(C)Nc3nc4ccccc4n32)ccc1O. The van der Waals surface area contributed by atoms with Gasteiger partial charge in [0.05, 0.1) is 24.2 Å². The Morgan fingerprint density at radius 3 is 2.77 bits per heavy atom. The highest BCUT2D eigenvalue weighted by Crippen LogP contribution is 2.41. The number of hydrogen-bond donors (Lipinski definition) is 2. The van der Waals surface area contributed by atoms with E-state index >= 15 is 0 Å². The molecule has 0 unspecified atom stereocenters. The Bertz CT molecular complexity index is 1070. The molecule has 4 rings (SSSR count). The molecular formula is C20H19N3O3. The number of fused-ring (bicyclic) bond motifs is 3. The zero-order chi connectivity index (χ0) is 18.4. The number of nitrogens with one attached hydrogen (secondary N) is 1. The fourth-order valence-electron chi connectivity index (χ4n) is 3.60. The molecule has 132 valence electrons. The summed E-state index contributed by atoms with van der Waals surface area (Å²) in [5.41, 5.74) is 4.06. The number of phenols is 1. The van der Waals surface area contributed by atoms with Crippen LogP contribution in [0.1, 0.15) is 25.5 Å². The molecule has 0 aliphatic carbocycles. The van der Waals surface area contributed by atoms with Crippen molar-refractivity contribution in [3.63, 3.8) is 0 Å². The van der Waals surface area contributed by atoms with Crippen LogP contribution in [0.4, 0.5) is 5.95 Å². The predicted octanol–water partition coefficient (Wildman–Crippen LogP) is 3.63. The number of Topliss-reactive ketones (excluding diaryl/α,β-unsaturated/α-hetero) is 1. The lowest BCUT2D eigenvalue weighted by Crippen LogP contribution is -2.27. The van der Waals surface area contributed by atoms with Crippen LogP contribution in [0.15, 0.2) is 53.7 Å². The van der Waals surface area contributed by atoms with Gasteiger partial charge in [0.2, 0.25) is 5.95 Å². The number of phenolic OH excluding ortho intramolecular Hbond substituents is 1. The van der Waals surface area contributed by atoms with E-state index in [1.54, 1.807) is 19.1 Å². The second-order valence-corrected chi connectivity index (χ2v) is 6.35. The second-order valence-electron chi connectivity index (χ2n) is 6.35. The van der Waals surface area contributed by atoms with E-state index in [9.17, 15) is 9.90 Å². The molecule has 0 amide bonds. The van der Waals surface area contributed by atoms with Crippen LogP contribution >= 0.6 is 0 Å². The van der Waals surface area contributed by atoms with Gasteiger partial charge in [-0.15, -0.1) is 0 Å². The van der Waals surface area contributed by atoms with Crippen LogP contribution in [0.5, 0.6) is 11.5 Å². The van der Waals surface area contributed by atoms with Gasteiger partial charge >= 0.3 is 0 Å². The van der Waals surface area contributed by atoms with Crippen LogP contribution in [-0.4, -0.2) is 27.6 Å². The van der Waals surface area contributed by atoms with Gasteiger partial charge in [0.25, 0.3) is 0 Å². The average molecular weight is 349 g/mol. The Balaban J connectivity index is 2.02. The van der Waals surface area contributed by atoms with Crippen molar-refractivity contribution in [2.45, 2.75) is 19.9 Å². The van der Waals surface area contributed by atoms with Gasteiger partial charge in [0.15, 0.2) is 17.3 Å². The van der Waals surface area contributed by atoms with E-state index in [2.05, 4.69) is 10.3 Å². The number of aromatic nitrogens is 2. The summed E-state index contributed by atoms with van der Waals surface area (Å²) in [6.07, 6.45) is 0. The molecule has 0 saturated heterocycles. The molecule has 1 aromatic heterocycles. The summed E-state index contributed by atoms with van der Waals surface area (Å²) in [4.78, 5) is 17.1. The molecule has 2 N–H and O–H groups in total. The lowest BCUT2D eigenvalue weighted by atomic mass is 9.92. The van der Waals surface area contributed by atoms with Gasteiger partial charge in [-0.2, -0.15) is 0 Å². The number of aromatic hydroxyl groups is 1. The van der Waals surface area contributed by atoms with Gasteiger partial charge in [-0.05, 0) is 43.7 Å². The summed E-state index contributed by atoms with van der Waals surface area (Å²) in [6.45, 7) is 3.44. The van der Waals surface area contributed by atoms with Crippen LogP contribution < -0.4 is 10.1 Å². The van der Waals surface area contributed by atoms with Crippen molar-refractivity contribution in [2.75, 3.05) is 12.4 Å². The first kappa shape index (κ1) is 16.2. The van der Waals surface area contributed by atoms with E-state index in [4.69, 9.17) is 4.74 Å². The minimum atomic E-state index is -0.356. The molecule has 0 fully saturated rings. The minimum absolute atomic E-state index is 0.0181. The first-order chi connectivity index (χ1) is 12.5. The standard InChI is InChI=1S/C20H19N3O3/c1-11-18(12(2)24)19(13-8-9-16(25)17(10-13)26-3)23-15-7-5-4-6-14(15)22-20(23)21-11/h4-10,19,25H,1-3H3,(H,21,22)/t19-/m0/s1. The number of allylic oxidation sites excluding steroid dienone is 2. The number of rotatable bonds is 3. The molecule has 0 radical (unpaired) electrons. The number of imidazole rings is 1. The lowest BCUT2D eigenvalue weighted by Gasteiger charge is -2.30. The maximum atomic E-state index is 12.5. The highest BCUT2D eigenvalue weighted by Gasteiger charge is 2.32. The summed E-state index contributed by atoms with van der Waals surface area (Å²) in [6, 6.07) is 12.6. The van der Waals surface area contributed by atoms with Gasteiger partial charge in [-0.25, -0.2) is 4.98 Å². The molecule has 2 heterocycles. The number of ether oxygens (including phenoxy) is 1. The third-order valence-corrected chi connectivity index (χ3v) is 4.73. The number of benzene rings is 2. The van der Waals surface area contributed by atoms with E-state index in [1.165, 1.54) is 7.11 Å². The van der Waals surface area contributed by atoms with E-state index < -0.39 is 0 Å². The normalized spacial score (nSPS) is 16.3. The van der Waals surface area contributed by atoms with E-state index in [1.807, 2.05) is 41.8 Å². The Morgan fingerprint density at radius 1 is 1.27 bits per heavy atom. The van der Waals surface area contributed by atoms with E-state index in [0.29, 0.717) is 17.3 Å². The van der Waals surface area contributed by atoms with Crippen molar-refractivity contribution in [2.24, 2.45) is 0 Å². The van der Waals surface area contributed by atoms with Gasteiger partial charge in [-0.1, -0.05) is 18.2 Å². The van der Waals surface area contributed by atoms with Crippen molar-refractivity contribution < 1.29 is 14.6 Å². The Labute approximate surface area is 150 Å². The molecule has 0 spiro atoms. The van der Waals surface area contributed by atoms with Crippen molar-refractivity contribution in [1.82, 2.24) is 9.55 Å². The fourth-order valence-corrected chi connectivity index (χ4v) is 3.60. The Morgan fingerprint density at radius 2 is 2.04 bits per heavy atom. The molecule has 1 aliphatic heterocycles. The van der Waals surface area contributed by atoms with E-state index in [-0.39, 0.29) is 17.6 Å². The highest BCUT2D eigenvalue weighted by molar-refractivity contribution is 5.97. The summed E-state index contributed by atoms with van der Waals surface area (Å²) in [5, 5.41) is 13.2. The number of methoxy groups -OCH3 is 1. The van der Waals surface area contributed by atoms with Crippen LogP contribution in [0.25, 0.3) is 11.0 Å². The molecule has 0 bridgehead atoms. The van der Waals surface area contributed by atoms with Crippen LogP contribution in [0, 0.1) is 0 Å². The zero-order valence-electron chi connectivity index (χ0n) is 14.8. The molecule has 26 heavy (non-hydrogen) atoms. The molecule has 2 aromatic carbocycles. The van der Waals surface area contributed by atoms with Crippen LogP contribution in [0.2, 0.25) is 0 Å².